The van der Waals surface area contributed by atoms with Crippen molar-refractivity contribution in [2.45, 2.75) is 63.6 Å². The number of carbonyl (C=O) groups excluding carboxylic acids is 1. The normalized spacial score (nSPS) is 29.7. The zero-order chi connectivity index (χ0) is 19.6. The molecular weight excluding hydrogens is 364 g/mol. The number of fused-ring (bicyclic) bond motifs is 3. The average molecular weight is 395 g/mol. The minimum Gasteiger partial charge on any atom is -0.353 e. The van der Waals surface area contributed by atoms with E-state index in [1.165, 1.54) is 19.3 Å². The Kier molecular flexibility index (Phi) is 5.31. The predicted octanol–water partition coefficient (Wildman–Crippen LogP) is 2.50. The molecule has 2 aromatic rings. The molecule has 7 nitrogen and oxygen atoms in total. The fourth-order valence-corrected chi connectivity index (χ4v) is 5.42. The first-order chi connectivity index (χ1) is 14.3. The summed E-state index contributed by atoms with van der Waals surface area (Å²) in [5, 5.41) is 12.0. The van der Waals surface area contributed by atoms with Crippen molar-refractivity contribution >= 4 is 5.91 Å². The van der Waals surface area contributed by atoms with E-state index in [2.05, 4.69) is 25.5 Å². The molecule has 4 aliphatic rings. The van der Waals surface area contributed by atoms with Gasteiger partial charge < -0.3 is 5.32 Å². The molecule has 4 unspecified atom stereocenters. The van der Waals surface area contributed by atoms with Crippen LogP contribution in [0, 0.1) is 11.8 Å². The lowest BCUT2D eigenvalue weighted by Crippen LogP contribution is -2.58. The molecule has 7 heteroatoms. The van der Waals surface area contributed by atoms with Crippen LogP contribution in [-0.2, 0) is 11.3 Å². The molecule has 0 aromatic carbocycles. The van der Waals surface area contributed by atoms with E-state index in [0.29, 0.717) is 23.9 Å². The maximum absolute atomic E-state index is 12.9. The van der Waals surface area contributed by atoms with Gasteiger partial charge in [-0.25, -0.2) is 0 Å². The van der Waals surface area contributed by atoms with Gasteiger partial charge in [-0.1, -0.05) is 30.5 Å². The van der Waals surface area contributed by atoms with Gasteiger partial charge >= 0.3 is 0 Å². The maximum atomic E-state index is 12.9. The predicted molar refractivity (Wildman–Crippen MR) is 110 cm³/mol. The number of aromatic nitrogens is 4. The summed E-state index contributed by atoms with van der Waals surface area (Å²) in [5.74, 6) is 0.942. The molecule has 1 N–H and O–H groups in total. The summed E-state index contributed by atoms with van der Waals surface area (Å²) in [6.07, 6.45) is 12.1. The monoisotopic (exact) mass is 394 g/mol. The summed E-state index contributed by atoms with van der Waals surface area (Å²) >= 11 is 0. The second kappa shape index (κ2) is 8.22. The van der Waals surface area contributed by atoms with Crippen molar-refractivity contribution in [1.29, 1.82) is 0 Å². The van der Waals surface area contributed by atoms with Crippen LogP contribution in [0.25, 0.3) is 11.4 Å². The number of carbonyl (C=O) groups is 1. The van der Waals surface area contributed by atoms with Crippen LogP contribution in [0.1, 0.15) is 44.9 Å². The molecule has 5 heterocycles. The van der Waals surface area contributed by atoms with Crippen molar-refractivity contribution in [3.8, 4) is 11.4 Å². The summed E-state index contributed by atoms with van der Waals surface area (Å²) < 4.78 is 1.94. The SMILES string of the molecule is O=C(NC1CCCCC1)C1CN2CCC1CC2Cn1cc(-c2ccccn2)nn1. The second-order valence-corrected chi connectivity index (χ2v) is 8.92. The Labute approximate surface area is 171 Å². The number of hydrogen-bond donors (Lipinski definition) is 1. The van der Waals surface area contributed by atoms with Crippen LogP contribution in [0.15, 0.2) is 30.6 Å². The van der Waals surface area contributed by atoms with Crippen molar-refractivity contribution in [2.24, 2.45) is 11.8 Å². The van der Waals surface area contributed by atoms with E-state index in [-0.39, 0.29) is 5.92 Å². The van der Waals surface area contributed by atoms with E-state index in [9.17, 15) is 4.79 Å². The number of amides is 1. The molecule has 6 rings (SSSR count). The minimum absolute atomic E-state index is 0.154. The molecule has 3 aliphatic heterocycles. The first-order valence-electron chi connectivity index (χ1n) is 11.1. The molecule has 0 spiro atoms. The molecule has 4 atom stereocenters. The fraction of sp³-hybridized carbons (Fsp3) is 0.636. The van der Waals surface area contributed by atoms with Crippen molar-refractivity contribution in [1.82, 2.24) is 30.2 Å². The number of hydrogen-bond acceptors (Lipinski definition) is 5. The molecule has 154 valence electrons. The lowest BCUT2D eigenvalue weighted by molar-refractivity contribution is -0.134. The highest BCUT2D eigenvalue weighted by molar-refractivity contribution is 5.79. The Morgan fingerprint density at radius 1 is 1.14 bits per heavy atom. The Hall–Kier alpha value is -2.28. The Morgan fingerprint density at radius 2 is 2.03 bits per heavy atom. The number of piperidine rings is 3. The standard InChI is InChI=1S/C22H30N6O/c29-22(24-17-6-2-1-3-7-17)19-14-27-11-9-16(19)12-18(27)13-28-15-21(25-26-28)20-8-4-5-10-23-20/h4-5,8,10,15-19H,1-3,6-7,9,11-14H2,(H,24,29). The van der Waals surface area contributed by atoms with Gasteiger partial charge in [0.2, 0.25) is 5.91 Å². The van der Waals surface area contributed by atoms with Crippen molar-refractivity contribution in [3.05, 3.63) is 30.6 Å². The summed E-state index contributed by atoms with van der Waals surface area (Å²) in [6, 6.07) is 6.66. The van der Waals surface area contributed by atoms with Gasteiger partial charge in [0, 0.05) is 24.8 Å². The van der Waals surface area contributed by atoms with E-state index in [1.807, 2.05) is 29.1 Å². The number of pyridine rings is 1. The van der Waals surface area contributed by atoms with Gasteiger partial charge in [-0.15, -0.1) is 5.10 Å². The molecule has 29 heavy (non-hydrogen) atoms. The zero-order valence-electron chi connectivity index (χ0n) is 16.9. The Balaban J connectivity index is 1.19. The topological polar surface area (TPSA) is 75.9 Å². The maximum Gasteiger partial charge on any atom is 0.224 e. The van der Waals surface area contributed by atoms with E-state index >= 15 is 0 Å². The number of nitrogens with one attached hydrogen (secondary N) is 1. The van der Waals surface area contributed by atoms with Gasteiger partial charge in [-0.2, -0.15) is 0 Å². The van der Waals surface area contributed by atoms with E-state index in [1.54, 1.807) is 6.20 Å². The first kappa shape index (κ1) is 18.7. The molecule has 1 saturated carbocycles. The molecule has 0 radical (unpaired) electrons. The minimum atomic E-state index is 0.154. The summed E-state index contributed by atoms with van der Waals surface area (Å²) in [7, 11) is 0. The third kappa shape index (κ3) is 4.06. The highest BCUT2D eigenvalue weighted by atomic mass is 16.2. The van der Waals surface area contributed by atoms with E-state index < -0.39 is 0 Å². The third-order valence-corrected chi connectivity index (χ3v) is 7.03. The summed E-state index contributed by atoms with van der Waals surface area (Å²) in [4.78, 5) is 19.8. The largest absolute Gasteiger partial charge is 0.353 e. The lowest BCUT2D eigenvalue weighted by atomic mass is 9.75. The van der Waals surface area contributed by atoms with Crippen molar-refractivity contribution < 1.29 is 4.79 Å². The highest BCUT2D eigenvalue weighted by Crippen LogP contribution is 2.37. The Bertz CT molecular complexity index is 831. The van der Waals surface area contributed by atoms with Gasteiger partial charge in [-0.05, 0) is 50.3 Å². The second-order valence-electron chi connectivity index (χ2n) is 8.92. The quantitative estimate of drug-likeness (QED) is 0.843. The van der Waals surface area contributed by atoms with Crippen LogP contribution in [0.2, 0.25) is 0 Å². The molecule has 2 aromatic heterocycles. The van der Waals surface area contributed by atoms with Crippen molar-refractivity contribution in [2.75, 3.05) is 13.1 Å². The van der Waals surface area contributed by atoms with Crippen LogP contribution in [0.3, 0.4) is 0 Å². The Morgan fingerprint density at radius 3 is 2.79 bits per heavy atom. The van der Waals surface area contributed by atoms with Gasteiger partial charge in [0.05, 0.1) is 24.4 Å². The van der Waals surface area contributed by atoms with Crippen LogP contribution in [0.4, 0.5) is 0 Å². The molecular formula is C22H30N6O. The number of nitrogens with zero attached hydrogens (tertiary/aromatic N) is 5. The average Bonchev–Trinajstić information content (AvgIpc) is 3.24. The molecule has 1 amide bonds. The summed E-state index contributed by atoms with van der Waals surface area (Å²) in [5.41, 5.74) is 1.66. The van der Waals surface area contributed by atoms with Gasteiger partial charge in [0.1, 0.15) is 5.69 Å². The van der Waals surface area contributed by atoms with Crippen LogP contribution in [-0.4, -0.2) is 56.0 Å². The number of rotatable bonds is 5. The lowest BCUT2D eigenvalue weighted by Gasteiger charge is -2.49. The van der Waals surface area contributed by atoms with E-state index in [4.69, 9.17) is 0 Å². The smallest absolute Gasteiger partial charge is 0.224 e. The summed E-state index contributed by atoms with van der Waals surface area (Å²) in [6.45, 7) is 2.80. The van der Waals surface area contributed by atoms with Gasteiger partial charge in [-0.3, -0.25) is 19.4 Å². The fourth-order valence-electron chi connectivity index (χ4n) is 5.42. The van der Waals surface area contributed by atoms with Crippen LogP contribution >= 0.6 is 0 Å². The van der Waals surface area contributed by atoms with Crippen LogP contribution in [0.5, 0.6) is 0 Å². The van der Waals surface area contributed by atoms with Crippen LogP contribution < -0.4 is 5.32 Å². The molecule has 1 aliphatic carbocycles. The third-order valence-electron chi connectivity index (χ3n) is 7.03. The highest BCUT2D eigenvalue weighted by Gasteiger charge is 2.43. The molecule has 4 fully saturated rings. The van der Waals surface area contributed by atoms with E-state index in [0.717, 1.165) is 56.7 Å². The molecule has 3 saturated heterocycles. The zero-order valence-corrected chi connectivity index (χ0v) is 16.9. The van der Waals surface area contributed by atoms with Gasteiger partial charge in [0.25, 0.3) is 0 Å². The molecule has 2 bridgehead atoms. The first-order valence-corrected chi connectivity index (χ1v) is 11.1. The van der Waals surface area contributed by atoms with Gasteiger partial charge in [0.15, 0.2) is 0 Å². The van der Waals surface area contributed by atoms with Crippen molar-refractivity contribution in [3.63, 3.8) is 0 Å².